The lowest BCUT2D eigenvalue weighted by Crippen LogP contribution is -2.42. The number of rotatable bonds is 6. The van der Waals surface area contributed by atoms with Crippen LogP contribution in [0.15, 0.2) is 24.3 Å². The van der Waals surface area contributed by atoms with Crippen LogP contribution in [-0.2, 0) is 4.79 Å². The summed E-state index contributed by atoms with van der Waals surface area (Å²) in [5.41, 5.74) is 6.13. The van der Waals surface area contributed by atoms with Gasteiger partial charge in [0.25, 0.3) is 5.91 Å². The highest BCUT2D eigenvalue weighted by Gasteiger charge is 2.20. The van der Waals surface area contributed by atoms with Gasteiger partial charge in [-0.3, -0.25) is 4.79 Å². The number of benzene rings is 1. The second-order valence-corrected chi connectivity index (χ2v) is 5.83. The molecule has 5 heteroatoms. The first-order valence-electron chi connectivity index (χ1n) is 7.56. The van der Waals surface area contributed by atoms with Crippen LogP contribution in [0.1, 0.15) is 26.7 Å². The molecule has 0 radical (unpaired) electrons. The normalized spacial score (nSPS) is 16.9. The summed E-state index contributed by atoms with van der Waals surface area (Å²) in [6.45, 7) is 6.71. The number of nitrogens with one attached hydrogen (secondary N) is 1. The summed E-state index contributed by atoms with van der Waals surface area (Å²) in [6, 6.07) is 8.82. The zero-order valence-corrected chi connectivity index (χ0v) is 12.8. The molecule has 0 aromatic heterocycles. The van der Waals surface area contributed by atoms with Crippen LogP contribution < -0.4 is 15.8 Å². The van der Waals surface area contributed by atoms with Gasteiger partial charge in [-0.15, -0.1) is 0 Å². The second kappa shape index (κ2) is 7.31. The van der Waals surface area contributed by atoms with E-state index in [1.54, 1.807) is 0 Å². The van der Waals surface area contributed by atoms with E-state index in [4.69, 9.17) is 10.5 Å². The molecule has 0 bridgehead atoms. The fourth-order valence-electron chi connectivity index (χ4n) is 2.60. The summed E-state index contributed by atoms with van der Waals surface area (Å²) >= 11 is 0. The predicted molar refractivity (Wildman–Crippen MR) is 84.5 cm³/mol. The predicted octanol–water partition coefficient (Wildman–Crippen LogP) is 1.84. The van der Waals surface area contributed by atoms with Gasteiger partial charge in [-0.2, -0.15) is 0 Å². The number of hydrogen-bond acceptors (Lipinski definition) is 4. The molecular weight excluding hydrogens is 266 g/mol. The van der Waals surface area contributed by atoms with E-state index in [0.29, 0.717) is 17.8 Å². The summed E-state index contributed by atoms with van der Waals surface area (Å²) in [5.74, 6) is 0.197. The first-order valence-corrected chi connectivity index (χ1v) is 7.56. The van der Waals surface area contributed by atoms with Crippen LogP contribution in [0.5, 0.6) is 5.75 Å². The van der Waals surface area contributed by atoms with Crippen LogP contribution in [-0.4, -0.2) is 42.6 Å². The Balaban J connectivity index is 1.80. The molecule has 3 N–H and O–H groups in total. The highest BCUT2D eigenvalue weighted by molar-refractivity contribution is 5.75. The number of nitrogens with zero attached hydrogens (tertiary/aromatic N) is 1. The molecule has 0 atom stereocenters. The van der Waals surface area contributed by atoms with Crippen LogP contribution in [0.2, 0.25) is 0 Å². The Kier molecular flexibility index (Phi) is 5.44. The maximum Gasteiger partial charge on any atom is 0.255 e. The van der Waals surface area contributed by atoms with Gasteiger partial charge in [0.1, 0.15) is 5.75 Å². The van der Waals surface area contributed by atoms with E-state index in [9.17, 15) is 4.79 Å². The summed E-state index contributed by atoms with van der Waals surface area (Å²) in [4.78, 5) is 13.2. The molecule has 1 aromatic carbocycles. The lowest BCUT2D eigenvalue weighted by atomic mass is 10.0. The fraction of sp³-hybridized carbons (Fsp3) is 0.562. The number of anilines is 1. The van der Waals surface area contributed by atoms with E-state index < -0.39 is 5.91 Å². The lowest BCUT2D eigenvalue weighted by Gasteiger charge is -2.35. The molecule has 0 spiro atoms. The molecule has 1 aliphatic heterocycles. The van der Waals surface area contributed by atoms with Crippen molar-refractivity contribution in [2.75, 3.05) is 25.0 Å². The molecule has 1 fully saturated rings. The van der Waals surface area contributed by atoms with E-state index in [1.165, 1.54) is 0 Å². The van der Waals surface area contributed by atoms with Crippen molar-refractivity contribution in [3.05, 3.63) is 24.3 Å². The minimum atomic E-state index is -0.464. The second-order valence-electron chi connectivity index (χ2n) is 5.83. The zero-order valence-electron chi connectivity index (χ0n) is 12.8. The highest BCUT2D eigenvalue weighted by Crippen LogP contribution is 2.20. The van der Waals surface area contributed by atoms with Crippen LogP contribution in [0.3, 0.4) is 0 Å². The third-order valence-corrected chi connectivity index (χ3v) is 3.87. The Bertz CT molecular complexity index is 451. The molecule has 21 heavy (non-hydrogen) atoms. The number of ether oxygens (including phenoxy) is 1. The average Bonchev–Trinajstić information content (AvgIpc) is 2.47. The third kappa shape index (κ3) is 4.93. The average molecular weight is 291 g/mol. The van der Waals surface area contributed by atoms with Crippen LogP contribution in [0.25, 0.3) is 0 Å². The van der Waals surface area contributed by atoms with Crippen molar-refractivity contribution in [3.63, 3.8) is 0 Å². The first-order chi connectivity index (χ1) is 10.0. The quantitative estimate of drug-likeness (QED) is 0.839. The Labute approximate surface area is 126 Å². The Morgan fingerprint density at radius 2 is 1.95 bits per heavy atom. The van der Waals surface area contributed by atoms with Crippen LogP contribution in [0, 0.1) is 0 Å². The first kappa shape index (κ1) is 15.6. The largest absolute Gasteiger partial charge is 0.484 e. The summed E-state index contributed by atoms with van der Waals surface area (Å²) in [7, 11) is 0. The van der Waals surface area contributed by atoms with Gasteiger partial charge in [0, 0.05) is 30.9 Å². The van der Waals surface area contributed by atoms with Gasteiger partial charge in [0.2, 0.25) is 0 Å². The summed E-state index contributed by atoms with van der Waals surface area (Å²) in [6.07, 6.45) is 2.33. The maximum atomic E-state index is 10.7. The van der Waals surface area contributed by atoms with E-state index in [1.807, 2.05) is 24.3 Å². The van der Waals surface area contributed by atoms with Gasteiger partial charge >= 0.3 is 0 Å². The molecular formula is C16H25N3O2. The molecule has 1 saturated heterocycles. The van der Waals surface area contributed by atoms with Gasteiger partial charge in [-0.1, -0.05) is 0 Å². The number of piperidine rings is 1. The molecule has 116 valence electrons. The van der Waals surface area contributed by atoms with Crippen LogP contribution in [0.4, 0.5) is 5.69 Å². The maximum absolute atomic E-state index is 10.7. The topological polar surface area (TPSA) is 67.6 Å². The number of likely N-dealkylation sites (tertiary alicyclic amines) is 1. The van der Waals surface area contributed by atoms with Gasteiger partial charge in [-0.25, -0.2) is 0 Å². The molecule has 5 nitrogen and oxygen atoms in total. The minimum Gasteiger partial charge on any atom is -0.484 e. The highest BCUT2D eigenvalue weighted by atomic mass is 16.5. The number of nitrogens with two attached hydrogens (primary N) is 1. The molecule has 2 rings (SSSR count). The van der Waals surface area contributed by atoms with Crippen molar-refractivity contribution in [1.29, 1.82) is 0 Å². The smallest absolute Gasteiger partial charge is 0.255 e. The molecule has 1 heterocycles. The molecule has 1 amide bonds. The summed E-state index contributed by atoms with van der Waals surface area (Å²) < 4.78 is 5.24. The SMILES string of the molecule is CC(C)N1CCC(Nc2ccc(OCC(N)=O)cc2)CC1. The number of carbonyl (C=O) groups excluding carboxylic acids is 1. The van der Waals surface area contributed by atoms with Crippen LogP contribution >= 0.6 is 0 Å². The van der Waals surface area contributed by atoms with Gasteiger partial charge in [0.15, 0.2) is 6.61 Å². The third-order valence-electron chi connectivity index (χ3n) is 3.87. The molecule has 0 aliphatic carbocycles. The van der Waals surface area contributed by atoms with Crippen molar-refractivity contribution in [2.24, 2.45) is 5.73 Å². The molecule has 1 aliphatic rings. The number of carbonyl (C=O) groups is 1. The molecule has 0 unspecified atom stereocenters. The zero-order chi connectivity index (χ0) is 15.2. The van der Waals surface area contributed by atoms with Gasteiger partial charge in [-0.05, 0) is 51.0 Å². The van der Waals surface area contributed by atoms with Crippen molar-refractivity contribution in [2.45, 2.75) is 38.8 Å². The Morgan fingerprint density at radius 3 is 2.48 bits per heavy atom. The van der Waals surface area contributed by atoms with E-state index in [-0.39, 0.29) is 6.61 Å². The lowest BCUT2D eigenvalue weighted by molar-refractivity contribution is -0.119. The number of amides is 1. The van der Waals surface area contributed by atoms with E-state index in [2.05, 4.69) is 24.1 Å². The summed E-state index contributed by atoms with van der Waals surface area (Å²) in [5, 5.41) is 3.56. The Morgan fingerprint density at radius 1 is 1.33 bits per heavy atom. The van der Waals surface area contributed by atoms with E-state index in [0.717, 1.165) is 31.6 Å². The van der Waals surface area contributed by atoms with Crippen molar-refractivity contribution < 1.29 is 9.53 Å². The van der Waals surface area contributed by atoms with Gasteiger partial charge < -0.3 is 20.7 Å². The van der Waals surface area contributed by atoms with E-state index >= 15 is 0 Å². The molecule has 0 saturated carbocycles. The standard InChI is InChI=1S/C16H25N3O2/c1-12(2)19-9-7-14(8-10-19)18-13-3-5-15(6-4-13)21-11-16(17)20/h3-6,12,14,18H,7-11H2,1-2H3,(H2,17,20). The van der Waals surface area contributed by atoms with Gasteiger partial charge in [0.05, 0.1) is 0 Å². The Hall–Kier alpha value is -1.75. The van der Waals surface area contributed by atoms with Crippen molar-refractivity contribution >= 4 is 11.6 Å². The van der Waals surface area contributed by atoms with Crippen molar-refractivity contribution in [3.8, 4) is 5.75 Å². The monoisotopic (exact) mass is 291 g/mol. The minimum absolute atomic E-state index is 0.0829. The van der Waals surface area contributed by atoms with Crippen molar-refractivity contribution in [1.82, 2.24) is 4.90 Å². The number of primary amides is 1. The molecule has 1 aromatic rings. The fourth-order valence-corrected chi connectivity index (χ4v) is 2.60. The number of hydrogen-bond donors (Lipinski definition) is 2.